The average Bonchev–Trinajstić information content (AvgIpc) is 2.97. The molecule has 0 amide bonds. The van der Waals surface area contributed by atoms with Gasteiger partial charge in [-0.25, -0.2) is 14.4 Å². The van der Waals surface area contributed by atoms with Crippen molar-refractivity contribution in [2.24, 2.45) is 0 Å². The van der Waals surface area contributed by atoms with Crippen molar-refractivity contribution in [2.75, 3.05) is 13.7 Å². The third-order valence-corrected chi connectivity index (χ3v) is 4.31. The fourth-order valence-corrected chi connectivity index (χ4v) is 2.68. The van der Waals surface area contributed by atoms with E-state index in [2.05, 4.69) is 15.0 Å². The van der Waals surface area contributed by atoms with Crippen molar-refractivity contribution in [3.05, 3.63) is 12.7 Å². The molecule has 8 nitrogen and oxygen atoms in total. The lowest BCUT2D eigenvalue weighted by atomic mass is 9.85. The highest BCUT2D eigenvalue weighted by Gasteiger charge is 2.63. The zero-order chi connectivity index (χ0) is 16.1. The first-order chi connectivity index (χ1) is 10.3. The van der Waals surface area contributed by atoms with Crippen molar-refractivity contribution in [2.45, 2.75) is 37.4 Å². The third kappa shape index (κ3) is 1.82. The molecule has 120 valence electrons. The molecule has 0 unspecified atom stereocenters. The largest absolute Gasteiger partial charge is 0.479 e. The zero-order valence-electron chi connectivity index (χ0n) is 12.4. The lowest BCUT2D eigenvalue weighted by Gasteiger charge is -2.32. The van der Waals surface area contributed by atoms with Gasteiger partial charge in [0.15, 0.2) is 23.1 Å². The Hall–Kier alpha value is -1.84. The molecule has 2 aromatic rings. The van der Waals surface area contributed by atoms with E-state index >= 15 is 4.39 Å². The lowest BCUT2D eigenvalue weighted by Crippen LogP contribution is -2.51. The molecular formula is C13H17FN4O4. The van der Waals surface area contributed by atoms with Gasteiger partial charge in [-0.05, 0) is 13.8 Å². The number of aliphatic hydroxyl groups excluding tert-OH is 1. The van der Waals surface area contributed by atoms with Crippen LogP contribution < -0.4 is 4.74 Å². The van der Waals surface area contributed by atoms with Crippen molar-refractivity contribution in [1.29, 1.82) is 0 Å². The average molecular weight is 312 g/mol. The first-order valence-corrected chi connectivity index (χ1v) is 6.73. The Morgan fingerprint density at radius 2 is 2.14 bits per heavy atom. The summed E-state index contributed by atoms with van der Waals surface area (Å²) in [5.41, 5.74) is -3.35. The summed E-state index contributed by atoms with van der Waals surface area (Å²) in [4.78, 5) is 12.1. The number of hydrogen-bond acceptors (Lipinski definition) is 7. The number of fused-ring (bicyclic) bond motifs is 1. The van der Waals surface area contributed by atoms with Crippen LogP contribution in [0.5, 0.6) is 5.88 Å². The number of rotatable bonds is 3. The molecule has 0 aliphatic carbocycles. The minimum Gasteiger partial charge on any atom is -0.479 e. The van der Waals surface area contributed by atoms with Crippen LogP contribution in [0.2, 0.25) is 0 Å². The number of aromatic nitrogens is 4. The van der Waals surface area contributed by atoms with Crippen LogP contribution in [0.4, 0.5) is 4.39 Å². The van der Waals surface area contributed by atoms with Crippen LogP contribution in [0.25, 0.3) is 11.2 Å². The summed E-state index contributed by atoms with van der Waals surface area (Å²) in [7, 11) is 1.44. The second-order valence-corrected chi connectivity index (χ2v) is 5.59. The highest BCUT2D eigenvalue weighted by molar-refractivity contribution is 5.76. The molecule has 0 aromatic carbocycles. The molecule has 0 bridgehead atoms. The molecule has 22 heavy (non-hydrogen) atoms. The fourth-order valence-electron chi connectivity index (χ4n) is 2.68. The van der Waals surface area contributed by atoms with Gasteiger partial charge in [-0.1, -0.05) is 0 Å². The van der Waals surface area contributed by atoms with Gasteiger partial charge in [-0.2, -0.15) is 4.98 Å². The van der Waals surface area contributed by atoms with Gasteiger partial charge < -0.3 is 19.7 Å². The second kappa shape index (κ2) is 4.83. The lowest BCUT2D eigenvalue weighted by molar-refractivity contribution is -0.0891. The summed E-state index contributed by atoms with van der Waals surface area (Å²) in [6.45, 7) is 2.01. The molecular weight excluding hydrogens is 295 g/mol. The number of hydrogen-bond donors (Lipinski definition) is 2. The topological polar surface area (TPSA) is 103 Å². The monoisotopic (exact) mass is 312 g/mol. The number of imidazole rings is 1. The molecule has 4 atom stereocenters. The molecule has 3 rings (SSSR count). The standard InChI is InChI=1S/C13H17FN4O4/c1-12(14)11(22-7(4-19)13(12,2)20)18-6-17-8-9(18)15-5-16-10(8)21-3/h5-7,11,19-20H,4H2,1-3H3/t7-,11+,12+,13+/m1/s1. The van der Waals surface area contributed by atoms with Crippen molar-refractivity contribution >= 4 is 11.2 Å². The maximum absolute atomic E-state index is 15.2. The van der Waals surface area contributed by atoms with Crippen molar-refractivity contribution in [3.63, 3.8) is 0 Å². The number of ether oxygens (including phenoxy) is 2. The summed E-state index contributed by atoms with van der Waals surface area (Å²) in [6, 6.07) is 0. The summed E-state index contributed by atoms with van der Waals surface area (Å²) in [5.74, 6) is 0.257. The Balaban J connectivity index is 2.12. The molecule has 2 aromatic heterocycles. The molecule has 0 spiro atoms. The van der Waals surface area contributed by atoms with Crippen molar-refractivity contribution in [3.8, 4) is 5.88 Å². The maximum atomic E-state index is 15.2. The summed E-state index contributed by atoms with van der Waals surface area (Å²) >= 11 is 0. The van der Waals surface area contributed by atoms with E-state index in [0.29, 0.717) is 11.2 Å². The van der Waals surface area contributed by atoms with Crippen LogP contribution in [-0.2, 0) is 4.74 Å². The number of halogens is 1. The minimum atomic E-state index is -2.16. The molecule has 0 saturated carbocycles. The molecule has 1 saturated heterocycles. The normalized spacial score (nSPS) is 35.2. The maximum Gasteiger partial charge on any atom is 0.245 e. The van der Waals surface area contributed by atoms with Gasteiger partial charge in [0.2, 0.25) is 5.88 Å². The Kier molecular flexibility index (Phi) is 3.31. The number of nitrogens with zero attached hydrogens (tertiary/aromatic N) is 4. The van der Waals surface area contributed by atoms with Crippen LogP contribution in [0.15, 0.2) is 12.7 Å². The van der Waals surface area contributed by atoms with Gasteiger partial charge in [0, 0.05) is 0 Å². The number of methoxy groups -OCH3 is 1. The first kappa shape index (κ1) is 15.1. The highest BCUT2D eigenvalue weighted by atomic mass is 19.1. The van der Waals surface area contributed by atoms with Crippen LogP contribution in [0.3, 0.4) is 0 Å². The third-order valence-electron chi connectivity index (χ3n) is 4.31. The Morgan fingerprint density at radius 3 is 2.73 bits per heavy atom. The van der Waals surface area contributed by atoms with Gasteiger partial charge >= 0.3 is 0 Å². The van der Waals surface area contributed by atoms with Gasteiger partial charge in [-0.15, -0.1) is 0 Å². The Bertz CT molecular complexity index is 702. The van der Waals surface area contributed by atoms with E-state index in [1.165, 1.54) is 38.2 Å². The van der Waals surface area contributed by atoms with Crippen molar-refractivity contribution < 1.29 is 24.1 Å². The van der Waals surface area contributed by atoms with E-state index < -0.39 is 30.2 Å². The van der Waals surface area contributed by atoms with E-state index in [4.69, 9.17) is 9.47 Å². The van der Waals surface area contributed by atoms with Gasteiger partial charge in [-0.3, -0.25) is 4.57 Å². The van der Waals surface area contributed by atoms with E-state index in [-0.39, 0.29) is 5.88 Å². The van der Waals surface area contributed by atoms with Crippen molar-refractivity contribution in [1.82, 2.24) is 19.5 Å². The molecule has 1 aliphatic rings. The second-order valence-electron chi connectivity index (χ2n) is 5.59. The first-order valence-electron chi connectivity index (χ1n) is 6.73. The van der Waals surface area contributed by atoms with Gasteiger partial charge in [0.25, 0.3) is 0 Å². The molecule has 1 aliphatic heterocycles. The van der Waals surface area contributed by atoms with E-state index in [1.807, 2.05) is 0 Å². The Labute approximate surface area is 125 Å². The molecule has 2 N–H and O–H groups in total. The van der Waals surface area contributed by atoms with Crippen LogP contribution >= 0.6 is 0 Å². The predicted molar refractivity (Wildman–Crippen MR) is 73.0 cm³/mol. The SMILES string of the molecule is COc1ncnc2c1ncn2[C@H]1O[C@H](CO)[C@](C)(O)[C@@]1(C)F. The highest BCUT2D eigenvalue weighted by Crippen LogP contribution is 2.48. The molecule has 9 heteroatoms. The zero-order valence-corrected chi connectivity index (χ0v) is 12.4. The quantitative estimate of drug-likeness (QED) is 0.834. The van der Waals surface area contributed by atoms with Crippen LogP contribution in [0.1, 0.15) is 20.1 Å². The predicted octanol–water partition coefficient (Wildman–Crippen LogP) is 0.204. The van der Waals surface area contributed by atoms with Gasteiger partial charge in [0.05, 0.1) is 20.0 Å². The van der Waals surface area contributed by atoms with E-state index in [1.54, 1.807) is 0 Å². The van der Waals surface area contributed by atoms with E-state index in [9.17, 15) is 10.2 Å². The summed E-state index contributed by atoms with van der Waals surface area (Å²) < 4.78 is 27.1. The number of alkyl halides is 1. The summed E-state index contributed by atoms with van der Waals surface area (Å²) in [5, 5.41) is 19.7. The minimum absolute atomic E-state index is 0.257. The van der Waals surface area contributed by atoms with Gasteiger partial charge in [0.1, 0.15) is 18.0 Å². The summed E-state index contributed by atoms with van der Waals surface area (Å²) in [6.07, 6.45) is 0.365. The molecule has 1 fully saturated rings. The van der Waals surface area contributed by atoms with Crippen LogP contribution in [0, 0.1) is 0 Å². The fraction of sp³-hybridized carbons (Fsp3) is 0.615. The Morgan fingerprint density at radius 1 is 1.41 bits per heavy atom. The van der Waals surface area contributed by atoms with Crippen LogP contribution in [-0.4, -0.2) is 60.8 Å². The number of aliphatic hydroxyl groups is 2. The molecule has 3 heterocycles. The smallest absolute Gasteiger partial charge is 0.245 e. The van der Waals surface area contributed by atoms with E-state index in [0.717, 1.165) is 0 Å². The molecule has 0 radical (unpaired) electrons.